The standard InChI is InChI=1S/C16H20N2O/c1-5-14-16(15(6-2)18(4)17-14)13-8-7-12(10-19)9-11(13)3/h7-10H,5-6H2,1-4H3. The van der Waals surface area contributed by atoms with Crippen LogP contribution >= 0.6 is 0 Å². The molecular formula is C16H20N2O. The summed E-state index contributed by atoms with van der Waals surface area (Å²) in [7, 11) is 2.00. The molecule has 2 aromatic rings. The van der Waals surface area contributed by atoms with Crippen LogP contribution < -0.4 is 0 Å². The van der Waals surface area contributed by atoms with E-state index in [-0.39, 0.29) is 0 Å². The average molecular weight is 256 g/mol. The highest BCUT2D eigenvalue weighted by Crippen LogP contribution is 2.31. The van der Waals surface area contributed by atoms with E-state index in [1.54, 1.807) is 0 Å². The lowest BCUT2D eigenvalue weighted by atomic mass is 9.95. The Balaban J connectivity index is 2.67. The van der Waals surface area contributed by atoms with Crippen molar-refractivity contribution in [2.45, 2.75) is 33.6 Å². The average Bonchev–Trinajstić information content (AvgIpc) is 2.74. The Bertz CT molecular complexity index is 611. The molecular weight excluding hydrogens is 236 g/mol. The van der Waals surface area contributed by atoms with E-state index >= 15 is 0 Å². The Morgan fingerprint density at radius 2 is 2.00 bits per heavy atom. The van der Waals surface area contributed by atoms with Crippen molar-refractivity contribution in [1.29, 1.82) is 0 Å². The summed E-state index contributed by atoms with van der Waals surface area (Å²) in [6.45, 7) is 6.32. The smallest absolute Gasteiger partial charge is 0.150 e. The zero-order valence-corrected chi connectivity index (χ0v) is 12.0. The molecule has 1 aromatic carbocycles. The summed E-state index contributed by atoms with van der Waals surface area (Å²) < 4.78 is 1.97. The molecule has 2 rings (SSSR count). The number of aldehydes is 1. The fourth-order valence-corrected chi connectivity index (χ4v) is 2.62. The van der Waals surface area contributed by atoms with Crippen molar-refractivity contribution in [2.24, 2.45) is 7.05 Å². The summed E-state index contributed by atoms with van der Waals surface area (Å²) in [6.07, 6.45) is 2.76. The summed E-state index contributed by atoms with van der Waals surface area (Å²) in [4.78, 5) is 10.8. The summed E-state index contributed by atoms with van der Waals surface area (Å²) in [5.41, 5.74) is 6.65. The van der Waals surface area contributed by atoms with Crippen molar-refractivity contribution in [1.82, 2.24) is 9.78 Å². The van der Waals surface area contributed by atoms with Crippen LogP contribution in [0.1, 0.15) is 41.2 Å². The Kier molecular flexibility index (Phi) is 3.84. The normalized spacial score (nSPS) is 10.7. The molecule has 0 spiro atoms. The van der Waals surface area contributed by atoms with Gasteiger partial charge < -0.3 is 0 Å². The van der Waals surface area contributed by atoms with Gasteiger partial charge in [-0.3, -0.25) is 9.48 Å². The highest BCUT2D eigenvalue weighted by atomic mass is 16.1. The second-order valence-corrected chi connectivity index (χ2v) is 4.79. The van der Waals surface area contributed by atoms with Crippen molar-refractivity contribution in [3.8, 4) is 11.1 Å². The number of nitrogens with zero attached hydrogens (tertiary/aromatic N) is 2. The van der Waals surface area contributed by atoms with E-state index in [1.165, 1.54) is 16.8 Å². The molecule has 0 aliphatic carbocycles. The van der Waals surface area contributed by atoms with Gasteiger partial charge in [0.2, 0.25) is 0 Å². The number of carbonyl (C=O) groups excluding carboxylic acids is 1. The van der Waals surface area contributed by atoms with E-state index in [4.69, 9.17) is 0 Å². The van der Waals surface area contributed by atoms with Crippen molar-refractivity contribution < 1.29 is 4.79 Å². The number of hydrogen-bond donors (Lipinski definition) is 0. The molecule has 0 unspecified atom stereocenters. The van der Waals surface area contributed by atoms with Crippen LogP contribution in [0.2, 0.25) is 0 Å². The van der Waals surface area contributed by atoms with Crippen molar-refractivity contribution in [3.05, 3.63) is 40.7 Å². The Morgan fingerprint density at radius 3 is 2.53 bits per heavy atom. The maximum atomic E-state index is 10.8. The quantitative estimate of drug-likeness (QED) is 0.786. The van der Waals surface area contributed by atoms with Gasteiger partial charge in [0.05, 0.1) is 5.69 Å². The molecule has 0 aliphatic heterocycles. The highest BCUT2D eigenvalue weighted by Gasteiger charge is 2.16. The van der Waals surface area contributed by atoms with E-state index in [2.05, 4.69) is 18.9 Å². The van der Waals surface area contributed by atoms with Gasteiger partial charge in [0.15, 0.2) is 0 Å². The third-order valence-corrected chi connectivity index (χ3v) is 3.56. The van der Waals surface area contributed by atoms with Gasteiger partial charge in [0, 0.05) is 23.9 Å². The number of carbonyl (C=O) groups is 1. The number of rotatable bonds is 4. The molecule has 3 heteroatoms. The first-order valence-corrected chi connectivity index (χ1v) is 6.73. The second-order valence-electron chi connectivity index (χ2n) is 4.79. The monoisotopic (exact) mass is 256 g/mol. The van der Waals surface area contributed by atoms with E-state index in [1.807, 2.05) is 36.9 Å². The SMILES string of the molecule is CCc1nn(C)c(CC)c1-c1ccc(C=O)cc1C. The fraction of sp³-hybridized carbons (Fsp3) is 0.375. The number of aryl methyl sites for hydroxylation is 3. The van der Waals surface area contributed by atoms with E-state index < -0.39 is 0 Å². The van der Waals surface area contributed by atoms with Gasteiger partial charge in [0.1, 0.15) is 6.29 Å². The predicted octanol–water partition coefficient (Wildman–Crippen LogP) is 3.33. The van der Waals surface area contributed by atoms with Gasteiger partial charge >= 0.3 is 0 Å². The zero-order valence-electron chi connectivity index (χ0n) is 12.0. The highest BCUT2D eigenvalue weighted by molar-refractivity contribution is 5.79. The second kappa shape index (κ2) is 5.39. The van der Waals surface area contributed by atoms with Crippen LogP contribution in [0.25, 0.3) is 11.1 Å². The Labute approximate surface area is 114 Å². The van der Waals surface area contributed by atoms with E-state index in [0.29, 0.717) is 0 Å². The molecule has 0 saturated carbocycles. The third-order valence-electron chi connectivity index (χ3n) is 3.56. The van der Waals surface area contributed by atoms with Gasteiger partial charge in [-0.25, -0.2) is 0 Å². The van der Waals surface area contributed by atoms with Crippen molar-refractivity contribution in [2.75, 3.05) is 0 Å². The van der Waals surface area contributed by atoms with Crippen LogP contribution in [0.4, 0.5) is 0 Å². The molecule has 0 N–H and O–H groups in total. The molecule has 0 amide bonds. The van der Waals surface area contributed by atoms with Gasteiger partial charge in [-0.2, -0.15) is 5.10 Å². The number of benzene rings is 1. The van der Waals surface area contributed by atoms with Crippen LogP contribution in [-0.4, -0.2) is 16.1 Å². The Hall–Kier alpha value is -1.90. The predicted molar refractivity (Wildman–Crippen MR) is 77.5 cm³/mol. The molecule has 1 aromatic heterocycles. The first kappa shape index (κ1) is 13.5. The fourth-order valence-electron chi connectivity index (χ4n) is 2.62. The summed E-state index contributed by atoms with van der Waals surface area (Å²) >= 11 is 0. The minimum Gasteiger partial charge on any atom is -0.298 e. The van der Waals surface area contributed by atoms with Crippen LogP contribution in [-0.2, 0) is 19.9 Å². The maximum Gasteiger partial charge on any atom is 0.150 e. The van der Waals surface area contributed by atoms with Crippen LogP contribution in [0.15, 0.2) is 18.2 Å². The molecule has 0 aliphatic rings. The summed E-state index contributed by atoms with van der Waals surface area (Å²) in [6, 6.07) is 5.85. The van der Waals surface area contributed by atoms with Gasteiger partial charge in [0.25, 0.3) is 0 Å². The molecule has 0 fully saturated rings. The number of aromatic nitrogens is 2. The van der Waals surface area contributed by atoms with Crippen LogP contribution in [0, 0.1) is 6.92 Å². The molecule has 19 heavy (non-hydrogen) atoms. The van der Waals surface area contributed by atoms with Crippen molar-refractivity contribution in [3.63, 3.8) is 0 Å². The lowest BCUT2D eigenvalue weighted by molar-refractivity contribution is 0.112. The van der Waals surface area contributed by atoms with Crippen molar-refractivity contribution >= 4 is 6.29 Å². The van der Waals surface area contributed by atoms with Crippen LogP contribution in [0.3, 0.4) is 0 Å². The third kappa shape index (κ3) is 2.33. The summed E-state index contributed by atoms with van der Waals surface area (Å²) in [5, 5.41) is 4.61. The minimum absolute atomic E-state index is 0.723. The first-order chi connectivity index (χ1) is 9.12. The van der Waals surface area contributed by atoms with Gasteiger partial charge in [-0.05, 0) is 37.0 Å². The number of hydrogen-bond acceptors (Lipinski definition) is 2. The van der Waals surface area contributed by atoms with Gasteiger partial charge in [-0.15, -0.1) is 0 Å². The summed E-state index contributed by atoms with van der Waals surface area (Å²) in [5.74, 6) is 0. The molecule has 0 radical (unpaired) electrons. The van der Waals surface area contributed by atoms with E-state index in [9.17, 15) is 4.79 Å². The van der Waals surface area contributed by atoms with E-state index in [0.717, 1.165) is 35.9 Å². The molecule has 0 atom stereocenters. The van der Waals surface area contributed by atoms with Gasteiger partial charge in [-0.1, -0.05) is 26.0 Å². The maximum absolute atomic E-state index is 10.8. The Morgan fingerprint density at radius 1 is 1.26 bits per heavy atom. The topological polar surface area (TPSA) is 34.9 Å². The first-order valence-electron chi connectivity index (χ1n) is 6.73. The minimum atomic E-state index is 0.723. The lowest BCUT2D eigenvalue weighted by Gasteiger charge is -2.09. The zero-order chi connectivity index (χ0) is 14.0. The largest absolute Gasteiger partial charge is 0.298 e. The molecule has 0 saturated heterocycles. The molecule has 1 heterocycles. The molecule has 0 bridgehead atoms. The lowest BCUT2D eigenvalue weighted by Crippen LogP contribution is -1.97. The van der Waals surface area contributed by atoms with Crippen LogP contribution in [0.5, 0.6) is 0 Å². The molecule has 100 valence electrons. The molecule has 3 nitrogen and oxygen atoms in total.